The number of aromatic hydroxyl groups is 2. The average molecular weight is 374 g/mol. The maximum Gasteiger partial charge on any atom is 2.00 e. The van der Waals surface area contributed by atoms with Crippen molar-refractivity contribution in [1.29, 1.82) is 0 Å². The molecule has 2 aliphatic rings. The predicted molar refractivity (Wildman–Crippen MR) is 96.0 cm³/mol. The summed E-state index contributed by atoms with van der Waals surface area (Å²) in [7, 11) is 0. The molecule has 0 aromatic heterocycles. The Bertz CT molecular complexity index is 1020. The number of esters is 1. The molecule has 2 aliphatic heterocycles. The summed E-state index contributed by atoms with van der Waals surface area (Å²) in [6.07, 6.45) is 0. The number of hydrogen-bond acceptors (Lipinski definition) is 5. The summed E-state index contributed by atoms with van der Waals surface area (Å²) in [5, 5.41) is 19.7. The van der Waals surface area contributed by atoms with Crippen LogP contribution in [0.2, 0.25) is 0 Å². The fourth-order valence-electron chi connectivity index (χ4n) is 3.65. The van der Waals surface area contributed by atoms with Crippen molar-refractivity contribution in [2.45, 2.75) is 5.60 Å². The summed E-state index contributed by atoms with van der Waals surface area (Å²) in [5.41, 5.74) is 1.28. The van der Waals surface area contributed by atoms with Gasteiger partial charge in [-0.15, -0.1) is 0 Å². The Morgan fingerprint density at radius 2 is 1.38 bits per heavy atom. The molecule has 0 aliphatic carbocycles. The van der Waals surface area contributed by atoms with E-state index >= 15 is 0 Å². The largest absolute Gasteiger partial charge is 2.00 e. The Morgan fingerprint density at radius 1 is 0.808 bits per heavy atom. The Hall–Kier alpha value is -2.21. The second-order valence-electron chi connectivity index (χ2n) is 6.08. The maximum absolute atomic E-state index is 12.5. The minimum absolute atomic E-state index is 0. The average Bonchev–Trinajstić information content (AvgIpc) is 2.88. The zero-order valence-electron chi connectivity index (χ0n) is 15.6. The van der Waals surface area contributed by atoms with Crippen LogP contribution >= 0.6 is 0 Å². The zero-order chi connectivity index (χ0) is 17.2. The van der Waals surface area contributed by atoms with Crippen LogP contribution < -0.4 is 4.74 Å². The van der Waals surface area contributed by atoms with Crippen LogP contribution in [0.4, 0.5) is 0 Å². The predicted octanol–water partition coefficient (Wildman–Crippen LogP) is 3.51. The van der Waals surface area contributed by atoms with E-state index in [9.17, 15) is 15.0 Å². The second kappa shape index (κ2) is 5.91. The van der Waals surface area contributed by atoms with E-state index in [0.29, 0.717) is 33.8 Å². The molecule has 0 saturated carbocycles. The molecular formula is C20H14CaO5. The van der Waals surface area contributed by atoms with Crippen LogP contribution in [0, 0.1) is 0 Å². The first-order chi connectivity index (χ1) is 12.1. The number of phenolic OH excluding ortho intramolecular Hbond substituents is 2. The number of hydrogen-bond donors (Lipinski definition) is 2. The van der Waals surface area contributed by atoms with Gasteiger partial charge in [-0.25, -0.2) is 4.79 Å². The van der Waals surface area contributed by atoms with Gasteiger partial charge >= 0.3 is 43.7 Å². The number of phenols is 2. The van der Waals surface area contributed by atoms with E-state index in [1.165, 1.54) is 24.3 Å². The van der Waals surface area contributed by atoms with Crippen LogP contribution in [-0.2, 0) is 10.3 Å². The second-order valence-corrected chi connectivity index (χ2v) is 6.08. The number of carbonyl (C=O) groups excluding carboxylic acids is 1. The Balaban J connectivity index is 0.000000934. The summed E-state index contributed by atoms with van der Waals surface area (Å²) in [6, 6.07) is 16.6. The third-order valence-electron chi connectivity index (χ3n) is 4.68. The van der Waals surface area contributed by atoms with Gasteiger partial charge in [0.25, 0.3) is 0 Å². The molecule has 126 valence electrons. The number of carbonyl (C=O) groups is 1. The van der Waals surface area contributed by atoms with Gasteiger partial charge in [-0.05, 0) is 30.3 Å². The number of benzene rings is 3. The van der Waals surface area contributed by atoms with E-state index < -0.39 is 11.6 Å². The molecule has 0 saturated heterocycles. The smallest absolute Gasteiger partial charge is 1.00 e. The zero-order valence-corrected chi connectivity index (χ0v) is 15.8. The van der Waals surface area contributed by atoms with Gasteiger partial charge in [0, 0.05) is 28.8 Å². The molecule has 2 heterocycles. The fraction of sp³-hybridized carbons (Fsp3) is 0.0500. The van der Waals surface area contributed by atoms with Crippen LogP contribution in [0.5, 0.6) is 23.0 Å². The van der Waals surface area contributed by atoms with E-state index in [-0.39, 0.29) is 52.1 Å². The van der Waals surface area contributed by atoms with Gasteiger partial charge in [0.15, 0.2) is 5.60 Å². The molecule has 1 spiro atoms. The SMILES string of the molecule is O=C1OC2(c3ccc(O)cc3Oc3cc(O)ccc32)c2ccccc21.[Ca+2].[H-].[H-]. The van der Waals surface area contributed by atoms with Crippen molar-refractivity contribution in [3.63, 3.8) is 0 Å². The van der Waals surface area contributed by atoms with Crippen molar-refractivity contribution < 1.29 is 27.3 Å². The van der Waals surface area contributed by atoms with E-state index in [4.69, 9.17) is 9.47 Å². The molecule has 0 fully saturated rings. The van der Waals surface area contributed by atoms with Crippen molar-refractivity contribution in [2.75, 3.05) is 0 Å². The molecule has 5 rings (SSSR count). The molecule has 0 unspecified atom stereocenters. The Morgan fingerprint density at radius 3 is 2.00 bits per heavy atom. The standard InChI is InChI=1S/C20H12O5.Ca.2H/c21-11-5-7-15-17(9-11)24-18-10-12(22)6-8-16(18)20(15)14-4-2-1-3-13(14)19(23)25-20;;;/h1-10,21-22H;;;/q;+2;2*-1. The normalized spacial score (nSPS) is 15.2. The molecule has 3 aromatic rings. The maximum atomic E-state index is 12.5. The first-order valence-electron chi connectivity index (χ1n) is 7.77. The molecule has 26 heavy (non-hydrogen) atoms. The van der Waals surface area contributed by atoms with Gasteiger partial charge in [0.05, 0.1) is 5.56 Å². The fourth-order valence-corrected chi connectivity index (χ4v) is 3.65. The van der Waals surface area contributed by atoms with Crippen molar-refractivity contribution in [3.05, 3.63) is 82.9 Å². The molecule has 3 aromatic carbocycles. The van der Waals surface area contributed by atoms with E-state index in [1.807, 2.05) is 12.1 Å². The molecular weight excluding hydrogens is 360 g/mol. The first kappa shape index (κ1) is 17.2. The monoisotopic (exact) mass is 374 g/mol. The molecule has 0 atom stereocenters. The summed E-state index contributed by atoms with van der Waals surface area (Å²) in [6.45, 7) is 0. The minimum Gasteiger partial charge on any atom is -1.00 e. The summed E-state index contributed by atoms with van der Waals surface area (Å²) in [4.78, 5) is 12.5. The summed E-state index contributed by atoms with van der Waals surface area (Å²) < 4.78 is 11.8. The van der Waals surface area contributed by atoms with Crippen molar-refractivity contribution >= 4 is 43.7 Å². The minimum atomic E-state index is -1.17. The number of ether oxygens (including phenoxy) is 2. The third kappa shape index (κ3) is 2.18. The molecule has 2 N–H and O–H groups in total. The van der Waals surface area contributed by atoms with Gasteiger partial charge in [0.1, 0.15) is 23.0 Å². The van der Waals surface area contributed by atoms with Crippen molar-refractivity contribution in [3.8, 4) is 23.0 Å². The van der Waals surface area contributed by atoms with Crippen LogP contribution in [0.25, 0.3) is 0 Å². The summed E-state index contributed by atoms with van der Waals surface area (Å²) in [5.74, 6) is 0.408. The first-order valence-corrected chi connectivity index (χ1v) is 7.77. The molecule has 5 nitrogen and oxygen atoms in total. The van der Waals surface area contributed by atoms with Gasteiger partial charge in [0.2, 0.25) is 0 Å². The summed E-state index contributed by atoms with van der Waals surface area (Å²) >= 11 is 0. The van der Waals surface area contributed by atoms with Gasteiger partial charge in [-0.2, -0.15) is 0 Å². The van der Waals surface area contributed by atoms with Crippen molar-refractivity contribution in [2.24, 2.45) is 0 Å². The van der Waals surface area contributed by atoms with Gasteiger partial charge in [-0.1, -0.05) is 18.2 Å². The molecule has 0 amide bonds. The van der Waals surface area contributed by atoms with Gasteiger partial charge in [-0.3, -0.25) is 0 Å². The van der Waals surface area contributed by atoms with Gasteiger partial charge < -0.3 is 22.5 Å². The van der Waals surface area contributed by atoms with E-state index in [0.717, 1.165) is 0 Å². The quantitative estimate of drug-likeness (QED) is 0.465. The topological polar surface area (TPSA) is 76.0 Å². The van der Waals surface area contributed by atoms with Crippen LogP contribution in [-0.4, -0.2) is 53.9 Å². The number of fused-ring (bicyclic) bond motifs is 6. The molecule has 0 radical (unpaired) electrons. The van der Waals surface area contributed by atoms with Crippen LogP contribution in [0.3, 0.4) is 0 Å². The molecule has 0 bridgehead atoms. The Labute approximate surface area is 181 Å². The number of rotatable bonds is 0. The third-order valence-corrected chi connectivity index (χ3v) is 4.68. The Kier molecular flexibility index (Phi) is 3.91. The van der Waals surface area contributed by atoms with Crippen LogP contribution in [0.1, 0.15) is 29.9 Å². The van der Waals surface area contributed by atoms with E-state index in [1.54, 1.807) is 24.3 Å². The van der Waals surface area contributed by atoms with E-state index in [2.05, 4.69) is 0 Å². The van der Waals surface area contributed by atoms with Crippen LogP contribution in [0.15, 0.2) is 60.7 Å². The van der Waals surface area contributed by atoms with Crippen molar-refractivity contribution in [1.82, 2.24) is 0 Å². The molecule has 6 heteroatoms.